The number of hydrogen-bond acceptors (Lipinski definition) is 4. The zero-order chi connectivity index (χ0) is 20.7. The number of aliphatic carboxylic acids is 1. The monoisotopic (exact) mass is 389 g/mol. The topological polar surface area (TPSA) is 84.9 Å². The van der Waals surface area contributed by atoms with Gasteiger partial charge >= 0.3 is 5.97 Å². The number of nitrogens with one attached hydrogen (secondary N) is 1. The molecular weight excluding hydrogens is 365 g/mol. The molecule has 2 aromatic carbocycles. The number of methoxy groups -OCH3 is 2. The molecule has 0 saturated carbocycles. The molecule has 0 aliphatic heterocycles. The molecule has 0 aliphatic carbocycles. The molecule has 2 unspecified atom stereocenters. The third kappa shape index (κ3) is 5.22. The van der Waals surface area contributed by atoms with Gasteiger partial charge in [-0.2, -0.15) is 0 Å². The molecule has 0 spiro atoms. The van der Waals surface area contributed by atoms with Crippen LogP contribution in [0.1, 0.15) is 42.9 Å². The van der Waals surface area contributed by atoms with E-state index in [2.05, 4.69) is 5.32 Å². The van der Waals surface area contributed by atoms with E-state index in [9.17, 15) is 19.1 Å². The van der Waals surface area contributed by atoms with Gasteiger partial charge in [-0.25, -0.2) is 9.18 Å². The number of carbonyl (C=O) groups is 2. The number of halogens is 1. The predicted octanol–water partition coefficient (Wildman–Crippen LogP) is 3.67. The minimum Gasteiger partial charge on any atom is -0.497 e. The molecule has 28 heavy (non-hydrogen) atoms. The number of rotatable bonds is 9. The number of carboxylic acid groups (broad SMARTS) is 1. The summed E-state index contributed by atoms with van der Waals surface area (Å²) in [5, 5.41) is 12.0. The third-order valence-electron chi connectivity index (χ3n) is 4.57. The van der Waals surface area contributed by atoms with Crippen molar-refractivity contribution >= 4 is 11.9 Å². The number of benzene rings is 2. The highest BCUT2D eigenvalue weighted by atomic mass is 19.1. The number of hydrogen-bond donors (Lipinski definition) is 2. The van der Waals surface area contributed by atoms with Gasteiger partial charge < -0.3 is 19.9 Å². The maximum absolute atomic E-state index is 13.9. The van der Waals surface area contributed by atoms with Gasteiger partial charge in [-0.1, -0.05) is 25.1 Å². The van der Waals surface area contributed by atoms with E-state index in [1.807, 2.05) is 31.2 Å². The Hall–Kier alpha value is -3.09. The Balaban J connectivity index is 2.12. The maximum atomic E-state index is 13.9. The van der Waals surface area contributed by atoms with Gasteiger partial charge in [-0.05, 0) is 47.7 Å². The standard InChI is InChI=1S/C21H24FNO5/c1-4-13(14-5-8-16(27-2)9-6-14)12-19(24)23-20(21(25)26)15-7-10-18(28-3)17(22)11-15/h5-11,13,20H,4,12H2,1-3H3,(H,23,24)(H,25,26). The Bertz CT molecular complexity index is 822. The van der Waals surface area contributed by atoms with E-state index in [1.54, 1.807) is 7.11 Å². The predicted molar refractivity (Wildman–Crippen MR) is 102 cm³/mol. The fourth-order valence-corrected chi connectivity index (χ4v) is 2.97. The highest BCUT2D eigenvalue weighted by molar-refractivity contribution is 5.85. The van der Waals surface area contributed by atoms with Crippen molar-refractivity contribution in [3.05, 3.63) is 59.4 Å². The Labute approximate surface area is 163 Å². The van der Waals surface area contributed by atoms with Crippen molar-refractivity contribution < 1.29 is 28.6 Å². The van der Waals surface area contributed by atoms with Crippen LogP contribution in [0.5, 0.6) is 11.5 Å². The minimum atomic E-state index is -1.35. The van der Waals surface area contributed by atoms with Crippen LogP contribution < -0.4 is 14.8 Å². The van der Waals surface area contributed by atoms with Gasteiger partial charge in [0.1, 0.15) is 5.75 Å². The van der Waals surface area contributed by atoms with Crippen molar-refractivity contribution in [3.8, 4) is 11.5 Å². The van der Waals surface area contributed by atoms with Crippen molar-refractivity contribution in [2.75, 3.05) is 14.2 Å². The number of ether oxygens (including phenoxy) is 2. The number of amides is 1. The first-order chi connectivity index (χ1) is 13.4. The normalized spacial score (nSPS) is 12.7. The summed E-state index contributed by atoms with van der Waals surface area (Å²) in [6, 6.07) is 9.86. The number of carbonyl (C=O) groups excluding carboxylic acids is 1. The van der Waals surface area contributed by atoms with Crippen LogP contribution in [0.4, 0.5) is 4.39 Å². The molecule has 0 saturated heterocycles. The lowest BCUT2D eigenvalue weighted by Gasteiger charge is -2.19. The second-order valence-corrected chi connectivity index (χ2v) is 6.32. The Morgan fingerprint density at radius 3 is 2.21 bits per heavy atom. The third-order valence-corrected chi connectivity index (χ3v) is 4.57. The fourth-order valence-electron chi connectivity index (χ4n) is 2.97. The summed E-state index contributed by atoms with van der Waals surface area (Å²) in [5.41, 5.74) is 1.09. The summed E-state index contributed by atoms with van der Waals surface area (Å²) in [4.78, 5) is 24.1. The van der Waals surface area contributed by atoms with E-state index in [0.717, 1.165) is 17.4 Å². The molecular formula is C21H24FNO5. The van der Waals surface area contributed by atoms with Crippen LogP contribution in [0.25, 0.3) is 0 Å². The average molecular weight is 389 g/mol. The van der Waals surface area contributed by atoms with Crippen LogP contribution in [0.3, 0.4) is 0 Å². The van der Waals surface area contributed by atoms with Crippen LogP contribution in [0.15, 0.2) is 42.5 Å². The summed E-state index contributed by atoms with van der Waals surface area (Å²) in [6.07, 6.45) is 0.819. The van der Waals surface area contributed by atoms with Crippen molar-refractivity contribution in [1.82, 2.24) is 5.32 Å². The molecule has 6 nitrogen and oxygen atoms in total. The highest BCUT2D eigenvalue weighted by Crippen LogP contribution is 2.26. The van der Waals surface area contributed by atoms with Gasteiger partial charge in [0, 0.05) is 6.42 Å². The van der Waals surface area contributed by atoms with Crippen LogP contribution in [0, 0.1) is 5.82 Å². The van der Waals surface area contributed by atoms with Gasteiger partial charge in [-0.15, -0.1) is 0 Å². The van der Waals surface area contributed by atoms with Crippen LogP contribution in [-0.2, 0) is 9.59 Å². The van der Waals surface area contributed by atoms with Gasteiger partial charge in [0.15, 0.2) is 17.6 Å². The Morgan fingerprint density at radius 1 is 1.07 bits per heavy atom. The second-order valence-electron chi connectivity index (χ2n) is 6.32. The Kier molecular flexibility index (Phi) is 7.37. The summed E-state index contributed by atoms with van der Waals surface area (Å²) in [7, 11) is 2.90. The largest absolute Gasteiger partial charge is 0.497 e. The molecule has 0 bridgehead atoms. The van der Waals surface area contributed by atoms with Gasteiger partial charge in [0.25, 0.3) is 0 Å². The van der Waals surface area contributed by atoms with Crippen molar-refractivity contribution in [1.29, 1.82) is 0 Å². The quantitative estimate of drug-likeness (QED) is 0.684. The first-order valence-corrected chi connectivity index (χ1v) is 8.89. The first kappa shape index (κ1) is 21.2. The first-order valence-electron chi connectivity index (χ1n) is 8.89. The molecule has 2 atom stereocenters. The molecule has 1 amide bonds. The zero-order valence-electron chi connectivity index (χ0n) is 16.1. The van der Waals surface area contributed by atoms with Crippen molar-refractivity contribution in [2.24, 2.45) is 0 Å². The lowest BCUT2D eigenvalue weighted by atomic mass is 9.92. The average Bonchev–Trinajstić information content (AvgIpc) is 2.70. The van der Waals surface area contributed by atoms with Crippen LogP contribution in [-0.4, -0.2) is 31.2 Å². The molecule has 0 fully saturated rings. The molecule has 0 aromatic heterocycles. The van der Waals surface area contributed by atoms with Crippen LogP contribution in [0.2, 0.25) is 0 Å². The van der Waals surface area contributed by atoms with Gasteiger partial charge in [0.2, 0.25) is 5.91 Å². The van der Waals surface area contributed by atoms with E-state index in [-0.39, 0.29) is 23.7 Å². The van der Waals surface area contributed by atoms with E-state index >= 15 is 0 Å². The fraction of sp³-hybridized carbons (Fsp3) is 0.333. The molecule has 0 heterocycles. The zero-order valence-corrected chi connectivity index (χ0v) is 16.1. The lowest BCUT2D eigenvalue weighted by Crippen LogP contribution is -2.34. The molecule has 2 aromatic rings. The molecule has 0 radical (unpaired) electrons. The van der Waals surface area contributed by atoms with Gasteiger partial charge in [-0.3, -0.25) is 4.79 Å². The van der Waals surface area contributed by atoms with E-state index in [1.165, 1.54) is 19.2 Å². The lowest BCUT2D eigenvalue weighted by molar-refractivity contribution is -0.142. The molecule has 7 heteroatoms. The SMILES string of the molecule is CCC(CC(=O)NC(C(=O)O)c1ccc(OC)c(F)c1)c1ccc(OC)cc1. The summed E-state index contributed by atoms with van der Waals surface area (Å²) < 4.78 is 23.9. The molecule has 0 aliphatic rings. The highest BCUT2D eigenvalue weighted by Gasteiger charge is 2.25. The maximum Gasteiger partial charge on any atom is 0.330 e. The van der Waals surface area contributed by atoms with E-state index in [4.69, 9.17) is 9.47 Å². The smallest absolute Gasteiger partial charge is 0.330 e. The van der Waals surface area contributed by atoms with Gasteiger partial charge in [0.05, 0.1) is 14.2 Å². The molecule has 2 rings (SSSR count). The van der Waals surface area contributed by atoms with Crippen LogP contribution >= 0.6 is 0 Å². The van der Waals surface area contributed by atoms with E-state index in [0.29, 0.717) is 6.42 Å². The summed E-state index contributed by atoms with van der Waals surface area (Å²) >= 11 is 0. The molecule has 2 N–H and O–H groups in total. The Morgan fingerprint density at radius 2 is 1.71 bits per heavy atom. The van der Waals surface area contributed by atoms with Crippen molar-refractivity contribution in [3.63, 3.8) is 0 Å². The molecule has 150 valence electrons. The number of carboxylic acids is 1. The second kappa shape index (κ2) is 9.73. The minimum absolute atomic E-state index is 0.00441. The van der Waals surface area contributed by atoms with E-state index < -0.39 is 23.7 Å². The van der Waals surface area contributed by atoms with Crippen molar-refractivity contribution in [2.45, 2.75) is 31.7 Å². The summed E-state index contributed by atoms with van der Waals surface area (Å²) in [5.74, 6) is -1.74. The summed E-state index contributed by atoms with van der Waals surface area (Å²) in [6.45, 7) is 1.95.